The Hall–Kier alpha value is -5.20. The maximum atomic E-state index is 12.7. The van der Waals surface area contributed by atoms with E-state index in [0.29, 0.717) is 35.0 Å². The Balaban J connectivity index is 0.000000478. The van der Waals surface area contributed by atoms with Gasteiger partial charge in [0, 0.05) is 18.2 Å². The lowest BCUT2D eigenvalue weighted by atomic mass is 10.1. The predicted octanol–water partition coefficient (Wildman–Crippen LogP) is 6.03. The number of rotatable bonds is 12. The molecule has 60 heavy (non-hydrogen) atoms. The van der Waals surface area contributed by atoms with Crippen molar-refractivity contribution in [2.24, 2.45) is 0 Å². The third-order valence-corrected chi connectivity index (χ3v) is 7.92. The first-order valence-electron chi connectivity index (χ1n) is 15.8. The molecule has 1 unspecified atom stereocenters. The number of anilines is 1. The highest BCUT2D eigenvalue weighted by Gasteiger charge is 2.31. The van der Waals surface area contributed by atoms with Gasteiger partial charge in [-0.25, -0.2) is 13.1 Å². The fraction of sp³-hybridized carbons (Fsp3) is 0.212. The van der Waals surface area contributed by atoms with Crippen molar-refractivity contribution in [2.75, 3.05) is 43.6 Å². The topological polar surface area (TPSA) is 304 Å². The number of ether oxygens (including phenoxy) is 2. The van der Waals surface area contributed by atoms with Crippen LogP contribution in [0.3, 0.4) is 0 Å². The van der Waals surface area contributed by atoms with Crippen molar-refractivity contribution in [3.05, 3.63) is 120 Å². The first kappa shape index (κ1) is 52.8. The Bertz CT molecular complexity index is 2310. The van der Waals surface area contributed by atoms with Gasteiger partial charge in [0.15, 0.2) is 0 Å². The maximum absolute atomic E-state index is 12.7. The first-order chi connectivity index (χ1) is 27.5. The molecule has 6 N–H and O–H groups in total. The molecule has 4 aromatic carbocycles. The normalized spacial score (nSPS) is 11.8. The molecule has 0 spiro atoms. The van der Waals surface area contributed by atoms with Gasteiger partial charge in [-0.2, -0.15) is 13.2 Å². The number of alkyl halides is 3. The number of sulfonamides is 1. The molecule has 0 radical (unpaired) electrons. The second-order valence-corrected chi connectivity index (χ2v) is 18.3. The summed E-state index contributed by atoms with van der Waals surface area (Å²) in [6.45, 7) is -0.479. The summed E-state index contributed by atoms with van der Waals surface area (Å²) in [5.74, 6) is -1.99. The van der Waals surface area contributed by atoms with Crippen molar-refractivity contribution in [2.45, 2.75) is 6.18 Å². The molecule has 1 atom stereocenters. The van der Waals surface area contributed by atoms with Crippen LogP contribution in [-0.2, 0) is 36.5 Å². The van der Waals surface area contributed by atoms with Crippen molar-refractivity contribution >= 4 is 80.7 Å². The van der Waals surface area contributed by atoms with E-state index in [9.17, 15) is 60.9 Å². The minimum absolute atomic E-state index is 0.0352. The Labute approximate surface area is 352 Å². The highest BCUT2D eigenvalue weighted by atomic mass is 35.5. The minimum Gasteiger partial charge on any atom is -0.778 e. The molecule has 27 heteroatoms. The summed E-state index contributed by atoms with van der Waals surface area (Å²) >= 11 is 11.7. The number of nitrogens with two attached hydrogens (primary N) is 1. The number of amides is 1. The number of aliphatic carboxylic acids is 1. The van der Waals surface area contributed by atoms with Gasteiger partial charge in [-0.05, 0) is 53.4 Å². The number of carboxylic acids is 1. The van der Waals surface area contributed by atoms with E-state index in [1.165, 1.54) is 12.1 Å². The van der Waals surface area contributed by atoms with Crippen LogP contribution in [0.4, 0.5) is 30.2 Å². The van der Waals surface area contributed by atoms with Crippen LogP contribution in [0.5, 0.6) is 23.0 Å². The van der Waals surface area contributed by atoms with E-state index in [1.54, 1.807) is 29.0 Å². The van der Waals surface area contributed by atoms with E-state index < -0.39 is 80.2 Å². The zero-order valence-corrected chi connectivity index (χ0v) is 35.4. The number of nitrogen functional groups attached to an aromatic ring is 1. The second kappa shape index (κ2) is 23.6. The third-order valence-electron chi connectivity index (χ3n) is 6.05. The van der Waals surface area contributed by atoms with Gasteiger partial charge in [-0.15, -0.1) is 0 Å². The molecule has 0 aliphatic carbocycles. The third kappa shape index (κ3) is 20.2. The number of carbonyl (C=O) groups is 2. The molecule has 0 aromatic heterocycles. The molecule has 328 valence electrons. The summed E-state index contributed by atoms with van der Waals surface area (Å²) < 4.78 is 82.7. The number of nitrogens with one attached hydrogen (secondary N) is 2. The summed E-state index contributed by atoms with van der Waals surface area (Å²) in [6.07, 6.45) is 1.94. The van der Waals surface area contributed by atoms with Crippen molar-refractivity contribution in [1.29, 1.82) is 0 Å². The van der Waals surface area contributed by atoms with Crippen LogP contribution < -0.4 is 30.1 Å². The van der Waals surface area contributed by atoms with E-state index in [1.807, 2.05) is 11.4 Å². The average Bonchev–Trinajstić information content (AvgIpc) is 3.10. The summed E-state index contributed by atoms with van der Waals surface area (Å²) in [4.78, 5) is 60.0. The number of halogens is 5. The quantitative estimate of drug-likeness (QED) is 0.0356. The number of nitro benzene ring substituents is 2. The fourth-order valence-electron chi connectivity index (χ4n) is 3.75. The van der Waals surface area contributed by atoms with Gasteiger partial charge in [0.05, 0.1) is 58.3 Å². The van der Waals surface area contributed by atoms with Crippen LogP contribution >= 0.6 is 30.8 Å². The van der Waals surface area contributed by atoms with Gasteiger partial charge >= 0.3 is 12.1 Å². The van der Waals surface area contributed by atoms with Crippen molar-refractivity contribution in [1.82, 2.24) is 10.0 Å². The van der Waals surface area contributed by atoms with Gasteiger partial charge in [-0.1, -0.05) is 41.4 Å². The van der Waals surface area contributed by atoms with Crippen LogP contribution in [0.15, 0.2) is 78.9 Å². The van der Waals surface area contributed by atoms with Crippen LogP contribution in [0, 0.1) is 20.2 Å². The average molecular weight is 949 g/mol. The molecule has 0 aliphatic heterocycles. The highest BCUT2D eigenvalue weighted by Crippen LogP contribution is 2.39. The number of benzene rings is 4. The lowest BCUT2D eigenvalue weighted by molar-refractivity contribution is -0.385. The molecule has 4 aromatic rings. The van der Waals surface area contributed by atoms with Crippen LogP contribution in [0.2, 0.25) is 10.0 Å². The molecule has 0 saturated carbocycles. The molecule has 0 heterocycles. The van der Waals surface area contributed by atoms with Crippen LogP contribution in [0.25, 0.3) is 0 Å². The lowest BCUT2D eigenvalue weighted by Crippen LogP contribution is -2.29. The van der Waals surface area contributed by atoms with Gasteiger partial charge < -0.3 is 34.7 Å². The monoisotopic (exact) mass is 947 g/mol. The number of para-hydroxylation sites is 1. The van der Waals surface area contributed by atoms with Crippen LogP contribution in [0.1, 0.15) is 15.9 Å². The van der Waals surface area contributed by atoms with E-state index in [0.717, 1.165) is 24.3 Å². The SMILES string of the molecule is CS(=O)(=O)NC(=O)c1cc(Oc2ccc(C(F)(F)F)cc2Cl)ccc1[N+](=O)[O-].C[S+](C)C.Nc1c([N+](=O)[O-])ccc(Oc2ccccc2)c1Cl.O=C(O)CNCP(=O)([O-])O. The number of nitro groups is 2. The van der Waals surface area contributed by atoms with E-state index in [4.69, 9.17) is 48.4 Å². The molecule has 0 aliphatic rings. The highest BCUT2D eigenvalue weighted by molar-refractivity contribution is 7.94. The number of nitrogens with zero attached hydrogens (tertiary/aromatic N) is 2. The van der Waals surface area contributed by atoms with Crippen molar-refractivity contribution < 1.29 is 70.0 Å². The maximum Gasteiger partial charge on any atom is 0.416 e. The Kier molecular flexibility index (Phi) is 20.7. The number of hydrogen-bond acceptors (Lipinski definition) is 14. The van der Waals surface area contributed by atoms with Gasteiger partial charge in [0.2, 0.25) is 10.0 Å². The molecule has 4 rings (SSSR count). The molecule has 0 saturated heterocycles. The minimum atomic E-state index is -4.62. The molecule has 19 nitrogen and oxygen atoms in total. The smallest absolute Gasteiger partial charge is 0.416 e. The number of hydrogen-bond donors (Lipinski definition) is 5. The van der Waals surface area contributed by atoms with E-state index in [2.05, 4.69) is 18.8 Å². The van der Waals surface area contributed by atoms with E-state index in [-0.39, 0.29) is 33.6 Å². The standard InChI is InChI=1S/C15H10ClF3N2O6S.C12H9ClN2O3.C3H8NO5P.C3H9S/c1-28(25,26)20-14(22)10-7-9(3-4-12(10)21(23)24)27-13-5-2-8(6-11(13)16)15(17,18)19;13-11-10(18-8-4-2-1-3-5-8)7-6-9(12(11)14)15(16)17;5-3(6)1-4-2-10(7,8)9;1-4(2)3/h2-7H,1H3,(H,20,22);1-7H,14H2;4H,1-2H2,(H,5,6)(H2,7,8,9);1-3H3/q;;;+1/p-1. The van der Waals surface area contributed by atoms with E-state index >= 15 is 0 Å². The first-order valence-corrected chi connectivity index (χ1v) is 22.6. The van der Waals surface area contributed by atoms with Crippen molar-refractivity contribution in [3.63, 3.8) is 0 Å². The van der Waals surface area contributed by atoms with Gasteiger partial charge in [0.25, 0.3) is 17.3 Å². The van der Waals surface area contributed by atoms with Crippen LogP contribution in [-0.4, -0.2) is 78.0 Å². The Morgan fingerprint density at radius 2 is 1.42 bits per heavy atom. The van der Waals surface area contributed by atoms with Gasteiger partial charge in [-0.3, -0.25) is 35.1 Å². The largest absolute Gasteiger partial charge is 0.778 e. The predicted molar refractivity (Wildman–Crippen MR) is 216 cm³/mol. The Morgan fingerprint density at radius 1 is 0.900 bits per heavy atom. The molecular formula is C33H35Cl2F3N5O14PS2. The fourth-order valence-corrected chi connectivity index (χ4v) is 5.01. The van der Waals surface area contributed by atoms with Gasteiger partial charge in [0.1, 0.15) is 46.9 Å². The molecular weight excluding hydrogens is 913 g/mol. The summed E-state index contributed by atoms with van der Waals surface area (Å²) in [7, 11) is -7.71. The zero-order chi connectivity index (χ0) is 46.2. The lowest BCUT2D eigenvalue weighted by Gasteiger charge is -2.14. The second-order valence-electron chi connectivity index (χ2n) is 11.7. The molecule has 0 bridgehead atoms. The summed E-state index contributed by atoms with van der Waals surface area (Å²) in [6, 6.07) is 16.7. The van der Waals surface area contributed by atoms with Crippen molar-refractivity contribution in [3.8, 4) is 23.0 Å². The Morgan fingerprint density at radius 3 is 1.88 bits per heavy atom. The molecule has 1 amide bonds. The number of carbonyl (C=O) groups excluding carboxylic acids is 1. The summed E-state index contributed by atoms with van der Waals surface area (Å²) in [5, 5.41) is 31.3. The number of carboxylic acid groups (broad SMARTS) is 1. The molecule has 0 fully saturated rings. The zero-order valence-electron chi connectivity index (χ0n) is 31.3. The summed E-state index contributed by atoms with van der Waals surface area (Å²) in [5.41, 5.74) is 2.90.